The van der Waals surface area contributed by atoms with Gasteiger partial charge in [0.05, 0.1) is 34.8 Å². The maximum absolute atomic E-state index is 14.6. The molecule has 5 aromatic rings. The Morgan fingerprint density at radius 2 is 2.06 bits per heavy atom. The number of aromatic nitrogens is 7. The predicted molar refractivity (Wildman–Crippen MR) is 117 cm³/mol. The molecule has 0 bridgehead atoms. The first-order valence-corrected chi connectivity index (χ1v) is 10.2. The number of pyridine rings is 1. The first-order chi connectivity index (χ1) is 15.9. The molecule has 1 amide bonds. The molecule has 0 unspecified atom stereocenters. The summed E-state index contributed by atoms with van der Waals surface area (Å²) < 4.78 is 23.2. The summed E-state index contributed by atoms with van der Waals surface area (Å²) in [5.74, 6) is -0.0704. The standard InChI is InChI=1S/C22H19FN8O2/c1-12(2)30-21-16(11-24-30)15(10-19(25-21)20-5-4-8-33-20)22(32)26-18-9-14(6-7-17(18)23)31-13(3)27-28-29-31/h4-12H,1-3H3,(H,26,32). The van der Waals surface area contributed by atoms with E-state index in [1.807, 2.05) is 13.8 Å². The van der Waals surface area contributed by atoms with Crippen molar-refractivity contribution in [1.82, 2.24) is 35.0 Å². The van der Waals surface area contributed by atoms with Crippen molar-refractivity contribution in [3.63, 3.8) is 0 Å². The van der Waals surface area contributed by atoms with E-state index in [9.17, 15) is 9.18 Å². The molecule has 5 rings (SSSR count). The Bertz CT molecular complexity index is 1470. The van der Waals surface area contributed by atoms with Gasteiger partial charge in [-0.1, -0.05) is 0 Å². The zero-order valence-electron chi connectivity index (χ0n) is 18.0. The molecule has 33 heavy (non-hydrogen) atoms. The topological polar surface area (TPSA) is 117 Å². The molecule has 1 N–H and O–H groups in total. The van der Waals surface area contributed by atoms with E-state index in [4.69, 9.17) is 4.42 Å². The zero-order chi connectivity index (χ0) is 23.1. The van der Waals surface area contributed by atoms with E-state index in [0.717, 1.165) is 0 Å². The fraction of sp³-hybridized carbons (Fsp3) is 0.182. The van der Waals surface area contributed by atoms with Crippen molar-refractivity contribution in [3.05, 3.63) is 66.1 Å². The zero-order valence-corrected chi connectivity index (χ0v) is 18.0. The molecule has 10 nitrogen and oxygen atoms in total. The number of hydrogen-bond acceptors (Lipinski definition) is 7. The molecule has 4 heterocycles. The number of hydrogen-bond donors (Lipinski definition) is 1. The molecule has 0 aliphatic carbocycles. The first-order valence-electron chi connectivity index (χ1n) is 10.2. The van der Waals surface area contributed by atoms with Crippen LogP contribution in [0.5, 0.6) is 0 Å². The summed E-state index contributed by atoms with van der Waals surface area (Å²) in [6.45, 7) is 5.66. The predicted octanol–water partition coefficient (Wildman–Crippen LogP) is 3.95. The molecule has 1 aromatic carbocycles. The van der Waals surface area contributed by atoms with Gasteiger partial charge in [0.2, 0.25) is 0 Å². The molecular formula is C22H19FN8O2. The van der Waals surface area contributed by atoms with Gasteiger partial charge in [0.25, 0.3) is 5.91 Å². The number of rotatable bonds is 5. The second-order valence-electron chi connectivity index (χ2n) is 7.71. The van der Waals surface area contributed by atoms with Crippen LogP contribution in [0.2, 0.25) is 0 Å². The number of nitrogens with one attached hydrogen (secondary N) is 1. The number of furan rings is 1. The maximum Gasteiger partial charge on any atom is 0.256 e. The van der Waals surface area contributed by atoms with E-state index in [-0.39, 0.29) is 11.7 Å². The van der Waals surface area contributed by atoms with E-state index in [2.05, 4.69) is 30.9 Å². The fourth-order valence-electron chi connectivity index (χ4n) is 3.54. The summed E-state index contributed by atoms with van der Waals surface area (Å²) in [4.78, 5) is 18.0. The smallest absolute Gasteiger partial charge is 0.256 e. The Kier molecular flexibility index (Phi) is 4.93. The van der Waals surface area contributed by atoms with Crippen molar-refractivity contribution in [2.75, 3.05) is 5.32 Å². The average molecular weight is 446 g/mol. The number of halogens is 1. The van der Waals surface area contributed by atoms with Crippen molar-refractivity contribution in [1.29, 1.82) is 0 Å². The SMILES string of the molecule is Cc1nnnn1-c1ccc(F)c(NC(=O)c2cc(-c3ccco3)nc3c2cnn3C(C)C)c1. The molecule has 0 saturated carbocycles. The number of nitrogens with zero attached hydrogens (tertiary/aromatic N) is 7. The van der Waals surface area contributed by atoms with E-state index in [1.54, 1.807) is 36.0 Å². The molecule has 0 fully saturated rings. The Morgan fingerprint density at radius 3 is 2.76 bits per heavy atom. The van der Waals surface area contributed by atoms with Crippen molar-refractivity contribution in [2.24, 2.45) is 0 Å². The van der Waals surface area contributed by atoms with Crippen molar-refractivity contribution < 1.29 is 13.6 Å². The molecule has 0 saturated heterocycles. The third-order valence-electron chi connectivity index (χ3n) is 5.14. The van der Waals surface area contributed by atoms with Gasteiger partial charge in [-0.15, -0.1) is 5.10 Å². The second-order valence-corrected chi connectivity index (χ2v) is 7.71. The average Bonchev–Trinajstić information content (AvgIpc) is 3.55. The number of carbonyl (C=O) groups excluding carboxylic acids is 1. The summed E-state index contributed by atoms with van der Waals surface area (Å²) >= 11 is 0. The Balaban J connectivity index is 1.58. The highest BCUT2D eigenvalue weighted by molar-refractivity contribution is 6.12. The molecular weight excluding hydrogens is 427 g/mol. The molecule has 0 atom stereocenters. The van der Waals surface area contributed by atoms with Crippen LogP contribution in [0.1, 0.15) is 36.1 Å². The van der Waals surface area contributed by atoms with Crippen LogP contribution in [0.3, 0.4) is 0 Å². The number of benzene rings is 1. The van der Waals surface area contributed by atoms with Crippen LogP contribution >= 0.6 is 0 Å². The number of aryl methyl sites for hydroxylation is 1. The Labute approximate surface area is 187 Å². The highest BCUT2D eigenvalue weighted by Crippen LogP contribution is 2.28. The monoisotopic (exact) mass is 446 g/mol. The summed E-state index contributed by atoms with van der Waals surface area (Å²) in [6.07, 6.45) is 3.11. The van der Waals surface area contributed by atoms with Gasteiger partial charge in [0.15, 0.2) is 17.2 Å². The van der Waals surface area contributed by atoms with Crippen LogP contribution in [-0.4, -0.2) is 40.9 Å². The lowest BCUT2D eigenvalue weighted by molar-refractivity contribution is 0.102. The van der Waals surface area contributed by atoms with E-state index in [0.29, 0.717) is 39.6 Å². The second kappa shape index (κ2) is 7.93. The lowest BCUT2D eigenvalue weighted by Gasteiger charge is -2.11. The molecule has 11 heteroatoms. The van der Waals surface area contributed by atoms with E-state index >= 15 is 0 Å². The Morgan fingerprint density at radius 1 is 1.21 bits per heavy atom. The van der Waals surface area contributed by atoms with Crippen LogP contribution in [0.4, 0.5) is 10.1 Å². The largest absolute Gasteiger partial charge is 0.463 e. The lowest BCUT2D eigenvalue weighted by Crippen LogP contribution is -2.15. The van der Waals surface area contributed by atoms with Crippen LogP contribution in [0, 0.1) is 12.7 Å². The normalized spacial score (nSPS) is 11.4. The van der Waals surface area contributed by atoms with Gasteiger partial charge < -0.3 is 9.73 Å². The van der Waals surface area contributed by atoms with Crippen molar-refractivity contribution in [3.8, 4) is 17.1 Å². The lowest BCUT2D eigenvalue weighted by atomic mass is 10.1. The van der Waals surface area contributed by atoms with Crippen LogP contribution < -0.4 is 5.32 Å². The van der Waals surface area contributed by atoms with Gasteiger partial charge in [-0.25, -0.2) is 14.1 Å². The minimum Gasteiger partial charge on any atom is -0.463 e. The summed E-state index contributed by atoms with van der Waals surface area (Å²) in [5.41, 5.74) is 1.80. The van der Waals surface area contributed by atoms with Gasteiger partial charge in [0.1, 0.15) is 11.5 Å². The first kappa shape index (κ1) is 20.5. The third kappa shape index (κ3) is 3.63. The number of anilines is 1. The molecule has 4 aromatic heterocycles. The fourth-order valence-corrected chi connectivity index (χ4v) is 3.54. The Hall–Kier alpha value is -4.41. The van der Waals surface area contributed by atoms with Gasteiger partial charge >= 0.3 is 0 Å². The van der Waals surface area contributed by atoms with Crippen molar-refractivity contribution in [2.45, 2.75) is 26.8 Å². The highest BCUT2D eigenvalue weighted by Gasteiger charge is 2.20. The number of amides is 1. The minimum atomic E-state index is -0.590. The summed E-state index contributed by atoms with van der Waals surface area (Å²) in [7, 11) is 0. The van der Waals surface area contributed by atoms with E-state index < -0.39 is 11.7 Å². The summed E-state index contributed by atoms with van der Waals surface area (Å²) in [6, 6.07) is 9.37. The van der Waals surface area contributed by atoms with Crippen LogP contribution in [-0.2, 0) is 0 Å². The van der Waals surface area contributed by atoms with Crippen molar-refractivity contribution >= 4 is 22.6 Å². The number of fused-ring (bicyclic) bond motifs is 1. The van der Waals surface area contributed by atoms with Gasteiger partial charge in [-0.3, -0.25) is 4.79 Å². The molecule has 166 valence electrons. The molecule has 0 radical (unpaired) electrons. The van der Waals surface area contributed by atoms with Gasteiger partial charge in [-0.05, 0) is 67.6 Å². The molecule has 0 aliphatic rings. The quantitative estimate of drug-likeness (QED) is 0.434. The molecule has 0 aliphatic heterocycles. The van der Waals surface area contributed by atoms with E-state index in [1.165, 1.54) is 29.1 Å². The minimum absolute atomic E-state index is 0.00633. The number of tetrazole rings is 1. The summed E-state index contributed by atoms with van der Waals surface area (Å²) in [5, 5.41) is 18.9. The maximum atomic E-state index is 14.6. The van der Waals surface area contributed by atoms with Crippen LogP contribution in [0.25, 0.3) is 28.2 Å². The highest BCUT2D eigenvalue weighted by atomic mass is 19.1. The van der Waals surface area contributed by atoms with Crippen LogP contribution in [0.15, 0.2) is 53.3 Å². The number of carbonyl (C=O) groups is 1. The van der Waals surface area contributed by atoms with Gasteiger partial charge in [0, 0.05) is 6.04 Å². The van der Waals surface area contributed by atoms with Gasteiger partial charge in [-0.2, -0.15) is 9.78 Å². The molecule has 0 spiro atoms. The third-order valence-corrected chi connectivity index (χ3v) is 5.14.